The number of piperazine rings is 1. The van der Waals surface area contributed by atoms with Gasteiger partial charge in [0.2, 0.25) is 5.95 Å². The van der Waals surface area contributed by atoms with E-state index in [2.05, 4.69) is 22.5 Å². The summed E-state index contributed by atoms with van der Waals surface area (Å²) < 4.78 is 1.96. The average Bonchev–Trinajstić information content (AvgIpc) is 3.24. The Bertz CT molecular complexity index is 727. The molecule has 1 aliphatic carbocycles. The zero-order chi connectivity index (χ0) is 17.2. The number of nitrogens with one attached hydrogen (secondary N) is 2. The highest BCUT2D eigenvalue weighted by atomic mass is 15.3. The van der Waals surface area contributed by atoms with Crippen molar-refractivity contribution in [1.82, 2.24) is 25.1 Å². The Morgan fingerprint density at radius 2 is 1.92 bits per heavy atom. The Morgan fingerprint density at radius 3 is 2.64 bits per heavy atom. The molecule has 7 heteroatoms. The van der Waals surface area contributed by atoms with E-state index < -0.39 is 0 Å². The maximum Gasteiger partial charge on any atom is 0.228 e. The fourth-order valence-electron chi connectivity index (χ4n) is 4.00. The second kappa shape index (κ2) is 7.15. The van der Waals surface area contributed by atoms with Crippen molar-refractivity contribution in [2.75, 3.05) is 36.4 Å². The minimum absolute atomic E-state index is 0.526. The van der Waals surface area contributed by atoms with E-state index in [0.29, 0.717) is 6.04 Å². The van der Waals surface area contributed by atoms with Crippen molar-refractivity contribution in [3.8, 4) is 0 Å². The van der Waals surface area contributed by atoms with Crippen LogP contribution in [0, 0.1) is 0 Å². The normalized spacial score (nSPS) is 19.0. The molecule has 1 saturated heterocycles. The molecule has 0 atom stereocenters. The first kappa shape index (κ1) is 16.6. The van der Waals surface area contributed by atoms with Crippen LogP contribution in [-0.2, 0) is 13.5 Å². The molecule has 25 heavy (non-hydrogen) atoms. The van der Waals surface area contributed by atoms with Gasteiger partial charge in [0.1, 0.15) is 11.0 Å². The number of aromatic nitrogens is 4. The van der Waals surface area contributed by atoms with Gasteiger partial charge in [0.05, 0.1) is 5.69 Å². The fraction of sp³-hybridized carbons (Fsp3) is 0.722. The van der Waals surface area contributed by atoms with Gasteiger partial charge in [-0.2, -0.15) is 10.1 Å². The van der Waals surface area contributed by atoms with Gasteiger partial charge in [-0.25, -0.2) is 4.98 Å². The van der Waals surface area contributed by atoms with E-state index in [1.807, 2.05) is 11.7 Å². The molecule has 4 rings (SSSR count). The number of nitrogens with zero attached hydrogens (tertiary/aromatic N) is 5. The quantitative estimate of drug-likeness (QED) is 0.866. The Kier molecular flexibility index (Phi) is 4.74. The molecule has 1 saturated carbocycles. The number of aryl methyl sites for hydroxylation is 2. The molecule has 0 amide bonds. The number of hydrogen-bond donors (Lipinski definition) is 2. The molecule has 3 heterocycles. The molecule has 1 aliphatic heterocycles. The van der Waals surface area contributed by atoms with E-state index in [1.165, 1.54) is 25.7 Å². The van der Waals surface area contributed by atoms with Crippen molar-refractivity contribution < 1.29 is 0 Å². The molecule has 136 valence electrons. The molecule has 0 radical (unpaired) electrons. The molecule has 2 aliphatic rings. The predicted octanol–water partition coefficient (Wildman–Crippen LogP) is 2.08. The van der Waals surface area contributed by atoms with Gasteiger partial charge in [-0.3, -0.25) is 4.68 Å². The first-order valence-corrected chi connectivity index (χ1v) is 9.72. The highest BCUT2D eigenvalue weighted by Gasteiger charge is 2.23. The first-order chi connectivity index (χ1) is 12.3. The average molecular weight is 343 g/mol. The number of fused-ring (bicyclic) bond motifs is 1. The van der Waals surface area contributed by atoms with E-state index in [4.69, 9.17) is 15.1 Å². The lowest BCUT2D eigenvalue weighted by molar-refractivity contribution is 0.580. The smallest absolute Gasteiger partial charge is 0.228 e. The van der Waals surface area contributed by atoms with Crippen molar-refractivity contribution in [1.29, 1.82) is 0 Å². The molecule has 0 unspecified atom stereocenters. The largest absolute Gasteiger partial charge is 0.365 e. The van der Waals surface area contributed by atoms with Crippen LogP contribution in [0.5, 0.6) is 0 Å². The first-order valence-electron chi connectivity index (χ1n) is 9.72. The van der Waals surface area contributed by atoms with Gasteiger partial charge >= 0.3 is 0 Å². The summed E-state index contributed by atoms with van der Waals surface area (Å²) in [5.74, 6) is 1.81. The summed E-state index contributed by atoms with van der Waals surface area (Å²) in [6, 6.07) is 0.526. The molecule has 2 aromatic rings. The molecule has 7 nitrogen and oxygen atoms in total. The number of rotatable bonds is 5. The van der Waals surface area contributed by atoms with Crippen LogP contribution >= 0.6 is 0 Å². The molecule has 2 N–H and O–H groups in total. The van der Waals surface area contributed by atoms with E-state index in [9.17, 15) is 0 Å². The second-order valence-corrected chi connectivity index (χ2v) is 7.25. The second-order valence-electron chi connectivity index (χ2n) is 7.25. The van der Waals surface area contributed by atoms with Crippen LogP contribution in [0.25, 0.3) is 11.0 Å². The number of hydrogen-bond acceptors (Lipinski definition) is 6. The van der Waals surface area contributed by atoms with Crippen LogP contribution < -0.4 is 15.5 Å². The number of anilines is 2. The Morgan fingerprint density at radius 1 is 1.16 bits per heavy atom. The Hall–Kier alpha value is -1.89. The minimum Gasteiger partial charge on any atom is -0.365 e. The van der Waals surface area contributed by atoms with E-state index in [1.54, 1.807) is 0 Å². The summed E-state index contributed by atoms with van der Waals surface area (Å²) in [6.45, 7) is 6.08. The third-order valence-electron chi connectivity index (χ3n) is 5.32. The third kappa shape index (κ3) is 3.29. The molecule has 0 bridgehead atoms. The summed E-state index contributed by atoms with van der Waals surface area (Å²) in [5, 5.41) is 11.9. The molecule has 0 aromatic carbocycles. The molecular formula is C18H29N7. The van der Waals surface area contributed by atoms with Gasteiger partial charge in [-0.15, -0.1) is 0 Å². The van der Waals surface area contributed by atoms with Gasteiger partial charge in [0, 0.05) is 39.3 Å². The lowest BCUT2D eigenvalue weighted by Gasteiger charge is -2.28. The highest BCUT2D eigenvalue weighted by molar-refractivity contribution is 5.89. The summed E-state index contributed by atoms with van der Waals surface area (Å²) in [5.41, 5.74) is 3.16. The highest BCUT2D eigenvalue weighted by Crippen LogP contribution is 2.29. The molecule has 2 aromatic heterocycles. The van der Waals surface area contributed by atoms with E-state index >= 15 is 0 Å². The van der Waals surface area contributed by atoms with Crippen LogP contribution in [-0.4, -0.2) is 52.0 Å². The Balaban J connectivity index is 1.78. The van der Waals surface area contributed by atoms with Crippen LogP contribution in [0.3, 0.4) is 0 Å². The molecular weight excluding hydrogens is 314 g/mol. The maximum absolute atomic E-state index is 4.94. The van der Waals surface area contributed by atoms with Crippen LogP contribution in [0.1, 0.15) is 44.7 Å². The van der Waals surface area contributed by atoms with Crippen molar-refractivity contribution in [2.24, 2.45) is 7.05 Å². The van der Waals surface area contributed by atoms with Gasteiger partial charge in [-0.1, -0.05) is 26.2 Å². The molecule has 2 fully saturated rings. The molecule has 0 spiro atoms. The van der Waals surface area contributed by atoms with Gasteiger partial charge in [0.15, 0.2) is 5.82 Å². The van der Waals surface area contributed by atoms with Gasteiger partial charge < -0.3 is 15.5 Å². The third-order valence-corrected chi connectivity index (χ3v) is 5.32. The predicted molar refractivity (Wildman–Crippen MR) is 101 cm³/mol. The van der Waals surface area contributed by atoms with Crippen LogP contribution in [0.15, 0.2) is 0 Å². The van der Waals surface area contributed by atoms with E-state index in [-0.39, 0.29) is 0 Å². The maximum atomic E-state index is 4.94. The van der Waals surface area contributed by atoms with Gasteiger partial charge in [-0.05, 0) is 19.3 Å². The monoisotopic (exact) mass is 343 g/mol. The van der Waals surface area contributed by atoms with Crippen LogP contribution in [0.4, 0.5) is 11.8 Å². The fourth-order valence-corrected chi connectivity index (χ4v) is 4.00. The van der Waals surface area contributed by atoms with Crippen molar-refractivity contribution in [3.63, 3.8) is 0 Å². The van der Waals surface area contributed by atoms with Crippen molar-refractivity contribution >= 4 is 22.8 Å². The topological polar surface area (TPSA) is 70.9 Å². The van der Waals surface area contributed by atoms with E-state index in [0.717, 1.165) is 67.5 Å². The van der Waals surface area contributed by atoms with Crippen molar-refractivity contribution in [3.05, 3.63) is 5.69 Å². The SMILES string of the molecule is CCCc1nn(C)c2c(NC3CCCC3)nc(N3CCNCC3)nc12. The van der Waals surface area contributed by atoms with Crippen molar-refractivity contribution in [2.45, 2.75) is 51.5 Å². The lowest BCUT2D eigenvalue weighted by atomic mass is 10.2. The summed E-state index contributed by atoms with van der Waals surface area (Å²) in [7, 11) is 2.01. The zero-order valence-corrected chi connectivity index (χ0v) is 15.4. The Labute approximate surface area is 149 Å². The standard InChI is InChI=1S/C18H29N7/c1-3-6-14-15-16(24(2)23-14)17(20-13-7-4-5-8-13)22-18(21-15)25-11-9-19-10-12-25/h13,19H,3-12H2,1-2H3,(H,20,21,22). The minimum atomic E-state index is 0.526. The lowest BCUT2D eigenvalue weighted by Crippen LogP contribution is -2.44. The van der Waals surface area contributed by atoms with Gasteiger partial charge in [0.25, 0.3) is 0 Å². The zero-order valence-electron chi connectivity index (χ0n) is 15.4. The van der Waals surface area contributed by atoms with Crippen LogP contribution in [0.2, 0.25) is 0 Å². The summed E-state index contributed by atoms with van der Waals surface area (Å²) in [4.78, 5) is 12.2. The summed E-state index contributed by atoms with van der Waals surface area (Å²) in [6.07, 6.45) is 7.11. The summed E-state index contributed by atoms with van der Waals surface area (Å²) >= 11 is 0.